The van der Waals surface area contributed by atoms with Crippen LogP contribution < -0.4 is 4.74 Å². The highest BCUT2D eigenvalue weighted by atomic mass is 19.3. The van der Waals surface area contributed by atoms with Crippen molar-refractivity contribution in [3.63, 3.8) is 0 Å². The molecule has 0 bridgehead atoms. The number of nitrogens with zero attached hydrogens (tertiary/aromatic N) is 1. The molecule has 90 valence electrons. The minimum Gasteiger partial charge on any atom is -0.481 e. The van der Waals surface area contributed by atoms with Gasteiger partial charge in [0.05, 0.1) is 12.0 Å². The Bertz CT molecular complexity index is 480. The van der Waals surface area contributed by atoms with Gasteiger partial charge in [-0.15, -0.1) is 0 Å². The van der Waals surface area contributed by atoms with E-state index in [1.807, 2.05) is 0 Å². The first-order valence-electron chi connectivity index (χ1n) is 4.64. The van der Waals surface area contributed by atoms with Gasteiger partial charge in [-0.2, -0.15) is 14.0 Å². The fourth-order valence-electron chi connectivity index (χ4n) is 1.44. The summed E-state index contributed by atoms with van der Waals surface area (Å²) in [6, 6.07) is 4.35. The summed E-state index contributed by atoms with van der Waals surface area (Å²) in [6.07, 6.45) is -0.313. The maximum Gasteiger partial charge on any atom is 0.387 e. The minimum absolute atomic E-state index is 0.0144. The third-order valence-corrected chi connectivity index (χ3v) is 2.04. The summed E-state index contributed by atoms with van der Waals surface area (Å²) in [5.41, 5.74) is 0.700. The number of hydrogen-bond acceptors (Lipinski definition) is 3. The molecule has 0 saturated heterocycles. The molecule has 0 spiro atoms. The van der Waals surface area contributed by atoms with Crippen LogP contribution in [-0.4, -0.2) is 17.7 Å². The van der Waals surface area contributed by atoms with Gasteiger partial charge in [-0.1, -0.05) is 6.07 Å². The second kappa shape index (κ2) is 5.25. The molecular weight excluding hydrogens is 232 g/mol. The normalized spacial score (nSPS) is 10.1. The largest absolute Gasteiger partial charge is 0.481 e. The first-order valence-corrected chi connectivity index (χ1v) is 4.64. The number of carbonyl (C=O) groups is 1. The minimum atomic E-state index is -3.05. The van der Waals surface area contributed by atoms with Crippen molar-refractivity contribution in [1.29, 1.82) is 5.26 Å². The summed E-state index contributed by atoms with van der Waals surface area (Å²) in [7, 11) is 0. The number of aliphatic carboxylic acids is 1. The Hall–Kier alpha value is -2.16. The molecule has 1 aromatic carbocycles. The lowest BCUT2D eigenvalue weighted by atomic mass is 10.0. The molecular formula is C11H9F2NO3. The van der Waals surface area contributed by atoms with Gasteiger partial charge in [0.15, 0.2) is 0 Å². The van der Waals surface area contributed by atoms with Crippen molar-refractivity contribution in [3.05, 3.63) is 28.8 Å². The molecule has 4 nitrogen and oxygen atoms in total. The molecule has 1 rings (SSSR count). The number of carboxylic acids is 1. The fraction of sp³-hybridized carbons (Fsp3) is 0.273. The molecule has 1 N–H and O–H groups in total. The average molecular weight is 241 g/mol. The molecule has 0 heterocycles. The molecule has 0 amide bonds. The predicted octanol–water partition coefficient (Wildman–Crippen LogP) is 2.10. The van der Waals surface area contributed by atoms with Crippen LogP contribution in [0.5, 0.6) is 5.75 Å². The van der Waals surface area contributed by atoms with Gasteiger partial charge in [0.25, 0.3) is 0 Å². The van der Waals surface area contributed by atoms with E-state index in [-0.39, 0.29) is 17.7 Å². The average Bonchev–Trinajstić information content (AvgIpc) is 2.14. The number of benzene rings is 1. The van der Waals surface area contributed by atoms with Gasteiger partial charge in [-0.3, -0.25) is 4.79 Å². The van der Waals surface area contributed by atoms with Crippen LogP contribution in [0.2, 0.25) is 0 Å². The van der Waals surface area contributed by atoms with Crippen LogP contribution in [0.25, 0.3) is 0 Å². The van der Waals surface area contributed by atoms with Crippen molar-refractivity contribution in [2.45, 2.75) is 20.0 Å². The molecule has 17 heavy (non-hydrogen) atoms. The highest BCUT2D eigenvalue weighted by Gasteiger charge is 2.14. The zero-order valence-corrected chi connectivity index (χ0v) is 8.91. The number of ether oxygens (including phenoxy) is 1. The summed E-state index contributed by atoms with van der Waals surface area (Å²) in [5.74, 6) is -1.38. The summed E-state index contributed by atoms with van der Waals surface area (Å²) in [4.78, 5) is 10.5. The molecule has 6 heteroatoms. The topological polar surface area (TPSA) is 70.3 Å². The zero-order valence-electron chi connectivity index (χ0n) is 8.91. The summed E-state index contributed by atoms with van der Waals surface area (Å²) in [6.45, 7) is -1.52. The molecule has 0 atom stereocenters. The Labute approximate surface area is 96.0 Å². The molecule has 0 aliphatic carbocycles. The molecule has 0 fully saturated rings. The smallest absolute Gasteiger partial charge is 0.387 e. The number of hydrogen-bond donors (Lipinski definition) is 1. The standard InChI is InChI=1S/C11H9F2NO3/c1-6-2-7(4-10(15)16)3-9(8(6)5-14)17-11(12)13/h2-3,11H,4H2,1H3,(H,15,16). The number of aryl methyl sites for hydroxylation is 1. The monoisotopic (exact) mass is 241 g/mol. The van der Waals surface area contributed by atoms with Crippen LogP contribution in [0.3, 0.4) is 0 Å². The maximum atomic E-state index is 12.1. The van der Waals surface area contributed by atoms with Gasteiger partial charge in [0, 0.05) is 0 Å². The Morgan fingerprint density at radius 2 is 2.24 bits per heavy atom. The van der Waals surface area contributed by atoms with Crippen molar-refractivity contribution in [1.82, 2.24) is 0 Å². The number of nitriles is 1. The Morgan fingerprint density at radius 1 is 1.59 bits per heavy atom. The van der Waals surface area contributed by atoms with Gasteiger partial charge in [0.2, 0.25) is 0 Å². The molecule has 0 saturated carbocycles. The van der Waals surface area contributed by atoms with Crippen molar-refractivity contribution >= 4 is 5.97 Å². The van der Waals surface area contributed by atoms with Crippen molar-refractivity contribution in [2.75, 3.05) is 0 Å². The summed E-state index contributed by atoms with van der Waals surface area (Å²) < 4.78 is 28.4. The van der Waals surface area contributed by atoms with Crippen LogP contribution in [0, 0.1) is 18.3 Å². The second-order valence-corrected chi connectivity index (χ2v) is 3.35. The number of alkyl halides is 2. The predicted molar refractivity (Wildman–Crippen MR) is 53.9 cm³/mol. The molecule has 0 aromatic heterocycles. The van der Waals surface area contributed by atoms with Crippen LogP contribution in [0.1, 0.15) is 16.7 Å². The second-order valence-electron chi connectivity index (χ2n) is 3.35. The Kier molecular flexibility index (Phi) is 3.99. The third kappa shape index (κ3) is 3.41. The molecule has 0 radical (unpaired) electrons. The van der Waals surface area contributed by atoms with Crippen LogP contribution >= 0.6 is 0 Å². The first-order chi connectivity index (χ1) is 7.93. The van der Waals surface area contributed by atoms with Crippen molar-refractivity contribution in [3.8, 4) is 11.8 Å². The van der Waals surface area contributed by atoms with E-state index in [0.29, 0.717) is 11.1 Å². The summed E-state index contributed by atoms with van der Waals surface area (Å²) in [5, 5.41) is 17.4. The lowest BCUT2D eigenvalue weighted by Gasteiger charge is -2.10. The van der Waals surface area contributed by atoms with E-state index >= 15 is 0 Å². The van der Waals surface area contributed by atoms with Gasteiger partial charge in [-0.05, 0) is 24.1 Å². The van der Waals surface area contributed by atoms with Gasteiger partial charge < -0.3 is 9.84 Å². The SMILES string of the molecule is Cc1cc(CC(=O)O)cc(OC(F)F)c1C#N. The fourth-order valence-corrected chi connectivity index (χ4v) is 1.44. The Morgan fingerprint density at radius 3 is 2.71 bits per heavy atom. The van der Waals surface area contributed by atoms with Gasteiger partial charge in [0.1, 0.15) is 11.8 Å². The van der Waals surface area contributed by atoms with E-state index in [1.165, 1.54) is 13.0 Å². The number of carboxylic acid groups (broad SMARTS) is 1. The van der Waals surface area contributed by atoms with E-state index in [0.717, 1.165) is 6.07 Å². The third-order valence-electron chi connectivity index (χ3n) is 2.04. The molecule has 0 unspecified atom stereocenters. The van der Waals surface area contributed by atoms with E-state index in [9.17, 15) is 13.6 Å². The van der Waals surface area contributed by atoms with Crippen LogP contribution in [0.4, 0.5) is 8.78 Å². The first kappa shape index (κ1) is 12.9. The van der Waals surface area contributed by atoms with Crippen molar-refractivity contribution in [2.24, 2.45) is 0 Å². The van der Waals surface area contributed by atoms with E-state index in [2.05, 4.69) is 4.74 Å². The zero-order chi connectivity index (χ0) is 13.0. The molecule has 0 aliphatic rings. The molecule has 0 aliphatic heterocycles. The highest BCUT2D eigenvalue weighted by molar-refractivity contribution is 5.71. The van der Waals surface area contributed by atoms with E-state index in [4.69, 9.17) is 10.4 Å². The van der Waals surface area contributed by atoms with Crippen molar-refractivity contribution < 1.29 is 23.4 Å². The van der Waals surface area contributed by atoms with Gasteiger partial charge >= 0.3 is 12.6 Å². The molecule has 1 aromatic rings. The number of halogens is 2. The number of rotatable bonds is 4. The lowest BCUT2D eigenvalue weighted by Crippen LogP contribution is -2.07. The van der Waals surface area contributed by atoms with Crippen LogP contribution in [0.15, 0.2) is 12.1 Å². The van der Waals surface area contributed by atoms with E-state index in [1.54, 1.807) is 6.07 Å². The van der Waals surface area contributed by atoms with E-state index < -0.39 is 12.6 Å². The van der Waals surface area contributed by atoms with Gasteiger partial charge in [-0.25, -0.2) is 0 Å². The highest BCUT2D eigenvalue weighted by Crippen LogP contribution is 2.25. The maximum absolute atomic E-state index is 12.1. The lowest BCUT2D eigenvalue weighted by molar-refractivity contribution is -0.136. The Balaban J connectivity index is 3.19. The van der Waals surface area contributed by atoms with Crippen LogP contribution in [-0.2, 0) is 11.2 Å². The summed E-state index contributed by atoms with van der Waals surface area (Å²) >= 11 is 0. The quantitative estimate of drug-likeness (QED) is 0.876.